The third kappa shape index (κ3) is 6.43. The van der Waals surface area contributed by atoms with E-state index in [1.54, 1.807) is 0 Å². The van der Waals surface area contributed by atoms with Crippen molar-refractivity contribution in [1.29, 1.82) is 0 Å². The van der Waals surface area contributed by atoms with E-state index in [0.29, 0.717) is 26.3 Å². The number of ether oxygens (including phenoxy) is 1. The van der Waals surface area contributed by atoms with Gasteiger partial charge in [0.05, 0.1) is 40.6 Å². The molecule has 0 aromatic heterocycles. The predicted molar refractivity (Wildman–Crippen MR) is 142 cm³/mol. The molecular weight excluding hydrogens is 569 g/mol. The van der Waals surface area contributed by atoms with Gasteiger partial charge in [-0.05, 0) is 23.8 Å². The lowest BCUT2D eigenvalue weighted by Gasteiger charge is -2.35. The fourth-order valence-corrected chi connectivity index (χ4v) is 4.88. The van der Waals surface area contributed by atoms with Crippen molar-refractivity contribution < 1.29 is 33.9 Å². The largest absolute Gasteiger partial charge is 0.481 e. The molecule has 2 unspecified atom stereocenters. The van der Waals surface area contributed by atoms with Crippen molar-refractivity contribution in [2.45, 2.75) is 18.6 Å². The van der Waals surface area contributed by atoms with Crippen LogP contribution in [0.15, 0.2) is 42.5 Å². The number of rotatable bonds is 7. The molecule has 212 valence electrons. The smallest absolute Gasteiger partial charge is 0.322 e. The van der Waals surface area contributed by atoms with E-state index in [2.05, 4.69) is 5.32 Å². The Morgan fingerprint density at radius 3 is 2.38 bits per heavy atom. The normalized spacial score (nSPS) is 17.9. The maximum Gasteiger partial charge on any atom is 0.322 e. The van der Waals surface area contributed by atoms with Crippen molar-refractivity contribution >= 4 is 52.7 Å². The third-order valence-corrected chi connectivity index (χ3v) is 7.28. The zero-order valence-electron chi connectivity index (χ0n) is 21.0. The summed E-state index contributed by atoms with van der Waals surface area (Å²) in [5.41, 5.74) is 0.0218. The van der Waals surface area contributed by atoms with E-state index in [1.807, 2.05) is 0 Å². The standard InChI is InChI=1S/C25H25Cl2N5O8/c26-18-5-4-16(13-19(18)27)24(36)30-6-7-31(25(37)29-8-10-40-11-9-29)23(30)22(35)28-20(14-21(33)34)15-2-1-3-17(12-15)32(38)39/h1-5,12-13,20,23H,6-11,14H2,(H,28,35)(H,33,34). The van der Waals surface area contributed by atoms with E-state index >= 15 is 0 Å². The number of carbonyl (C=O) groups excluding carboxylic acids is 3. The number of carbonyl (C=O) groups is 4. The average molecular weight is 594 g/mol. The van der Waals surface area contributed by atoms with Gasteiger partial charge in [0, 0.05) is 43.9 Å². The van der Waals surface area contributed by atoms with Gasteiger partial charge >= 0.3 is 12.0 Å². The van der Waals surface area contributed by atoms with Crippen LogP contribution >= 0.6 is 23.2 Å². The van der Waals surface area contributed by atoms with Crippen LogP contribution in [-0.2, 0) is 14.3 Å². The highest BCUT2D eigenvalue weighted by Gasteiger charge is 2.45. The zero-order valence-corrected chi connectivity index (χ0v) is 22.5. The number of non-ortho nitro benzene ring substituents is 1. The van der Waals surface area contributed by atoms with Gasteiger partial charge in [0.25, 0.3) is 17.5 Å². The molecule has 2 fully saturated rings. The van der Waals surface area contributed by atoms with Crippen molar-refractivity contribution in [3.63, 3.8) is 0 Å². The van der Waals surface area contributed by atoms with Gasteiger partial charge in [-0.3, -0.25) is 29.4 Å². The van der Waals surface area contributed by atoms with Gasteiger partial charge < -0.3 is 25.0 Å². The Hall–Kier alpha value is -3.94. The van der Waals surface area contributed by atoms with Crippen LogP contribution in [0.4, 0.5) is 10.5 Å². The number of morpholine rings is 1. The highest BCUT2D eigenvalue weighted by atomic mass is 35.5. The van der Waals surface area contributed by atoms with Gasteiger partial charge in [-0.2, -0.15) is 0 Å². The second-order valence-corrected chi connectivity index (χ2v) is 9.90. The molecule has 2 N–H and O–H groups in total. The average Bonchev–Trinajstić information content (AvgIpc) is 3.39. The Labute approximate surface area is 238 Å². The number of nitro benzene ring substituents is 1. The summed E-state index contributed by atoms with van der Waals surface area (Å²) in [5.74, 6) is -2.69. The molecule has 0 spiro atoms. The Bertz CT molecular complexity index is 1340. The molecule has 0 aliphatic carbocycles. The van der Waals surface area contributed by atoms with E-state index in [1.165, 1.54) is 51.1 Å². The number of amides is 4. The number of hydrogen-bond donors (Lipinski definition) is 2. The van der Waals surface area contributed by atoms with Crippen molar-refractivity contribution in [1.82, 2.24) is 20.0 Å². The Kier molecular flexibility index (Phi) is 9.07. The number of aliphatic carboxylic acids is 1. The highest BCUT2D eigenvalue weighted by molar-refractivity contribution is 6.42. The van der Waals surface area contributed by atoms with Crippen LogP contribution in [-0.4, -0.2) is 94.1 Å². The molecule has 2 aromatic carbocycles. The highest BCUT2D eigenvalue weighted by Crippen LogP contribution is 2.27. The molecule has 2 saturated heterocycles. The molecule has 0 radical (unpaired) electrons. The van der Waals surface area contributed by atoms with Crippen molar-refractivity contribution in [3.05, 3.63) is 73.8 Å². The molecule has 4 amide bonds. The topological polar surface area (TPSA) is 163 Å². The maximum absolute atomic E-state index is 13.8. The van der Waals surface area contributed by atoms with E-state index < -0.39 is 47.4 Å². The van der Waals surface area contributed by atoms with Crippen LogP contribution in [0.3, 0.4) is 0 Å². The lowest BCUT2D eigenvalue weighted by atomic mass is 10.0. The Morgan fingerprint density at radius 1 is 1.02 bits per heavy atom. The molecule has 40 heavy (non-hydrogen) atoms. The van der Waals surface area contributed by atoms with Gasteiger partial charge in [0.1, 0.15) is 0 Å². The fourth-order valence-electron chi connectivity index (χ4n) is 4.58. The number of nitrogens with one attached hydrogen (secondary N) is 1. The first-order valence-corrected chi connectivity index (χ1v) is 13.0. The minimum Gasteiger partial charge on any atom is -0.481 e. The number of hydrogen-bond acceptors (Lipinski definition) is 7. The number of nitro groups is 1. The molecule has 2 aliphatic rings. The minimum absolute atomic E-state index is 0.00759. The first-order valence-electron chi connectivity index (χ1n) is 12.2. The van der Waals surface area contributed by atoms with Crippen LogP contribution in [0.2, 0.25) is 10.0 Å². The van der Waals surface area contributed by atoms with Gasteiger partial charge in [-0.15, -0.1) is 0 Å². The lowest BCUT2D eigenvalue weighted by molar-refractivity contribution is -0.384. The summed E-state index contributed by atoms with van der Waals surface area (Å²) in [7, 11) is 0. The van der Waals surface area contributed by atoms with Crippen LogP contribution in [0, 0.1) is 10.1 Å². The second-order valence-electron chi connectivity index (χ2n) is 9.09. The maximum atomic E-state index is 13.8. The molecule has 13 nitrogen and oxygen atoms in total. The molecule has 2 atom stereocenters. The van der Waals surface area contributed by atoms with E-state index in [0.717, 1.165) is 6.07 Å². The van der Waals surface area contributed by atoms with E-state index in [9.17, 15) is 34.4 Å². The molecule has 2 aliphatic heterocycles. The Balaban J connectivity index is 1.67. The fraction of sp³-hybridized carbons (Fsp3) is 0.360. The second kappa shape index (κ2) is 12.5. The van der Waals surface area contributed by atoms with E-state index in [4.69, 9.17) is 27.9 Å². The van der Waals surface area contributed by atoms with Gasteiger partial charge in [-0.1, -0.05) is 35.3 Å². The monoisotopic (exact) mass is 593 g/mol. The number of urea groups is 1. The van der Waals surface area contributed by atoms with Gasteiger partial charge in [0.2, 0.25) is 0 Å². The molecule has 15 heteroatoms. The molecule has 4 rings (SSSR count). The summed E-state index contributed by atoms with van der Waals surface area (Å²) >= 11 is 12.1. The predicted octanol–water partition coefficient (Wildman–Crippen LogP) is 2.77. The number of nitrogens with zero attached hydrogens (tertiary/aromatic N) is 4. The minimum atomic E-state index is -1.44. The molecule has 0 bridgehead atoms. The summed E-state index contributed by atoms with van der Waals surface area (Å²) in [6.45, 7) is 1.25. The summed E-state index contributed by atoms with van der Waals surface area (Å²) in [4.78, 5) is 67.0. The van der Waals surface area contributed by atoms with Crippen LogP contribution in [0.25, 0.3) is 0 Å². The molecule has 2 heterocycles. The van der Waals surface area contributed by atoms with Gasteiger partial charge in [-0.25, -0.2) is 4.79 Å². The summed E-state index contributed by atoms with van der Waals surface area (Å²) in [6.07, 6.45) is -2.04. The summed E-state index contributed by atoms with van der Waals surface area (Å²) < 4.78 is 5.31. The number of carboxylic acids is 1. The van der Waals surface area contributed by atoms with Crippen molar-refractivity contribution in [2.24, 2.45) is 0 Å². The molecule has 2 aromatic rings. The number of carboxylic acid groups (broad SMARTS) is 1. The first-order chi connectivity index (χ1) is 19.1. The molecular formula is C25H25Cl2N5O8. The zero-order chi connectivity index (χ0) is 29.0. The van der Waals surface area contributed by atoms with Crippen molar-refractivity contribution in [2.75, 3.05) is 39.4 Å². The number of benzene rings is 2. The van der Waals surface area contributed by atoms with Crippen LogP contribution in [0.5, 0.6) is 0 Å². The van der Waals surface area contributed by atoms with E-state index in [-0.39, 0.29) is 39.9 Å². The molecule has 0 saturated carbocycles. The van der Waals surface area contributed by atoms with Crippen LogP contribution < -0.4 is 5.32 Å². The first kappa shape index (κ1) is 29.1. The summed E-state index contributed by atoms with van der Waals surface area (Å²) in [5, 5.41) is 23.7. The lowest BCUT2D eigenvalue weighted by Crippen LogP contribution is -2.57. The van der Waals surface area contributed by atoms with Crippen LogP contribution in [0.1, 0.15) is 28.4 Å². The van der Waals surface area contributed by atoms with Crippen molar-refractivity contribution in [3.8, 4) is 0 Å². The summed E-state index contributed by atoms with van der Waals surface area (Å²) in [6, 6.07) is 7.77. The van der Waals surface area contributed by atoms with Gasteiger partial charge in [0.15, 0.2) is 6.17 Å². The number of halogens is 2. The third-order valence-electron chi connectivity index (χ3n) is 6.54. The Morgan fingerprint density at radius 2 is 1.73 bits per heavy atom. The SMILES string of the molecule is O=C(O)CC(NC(=O)C1N(C(=O)c2ccc(Cl)c(Cl)c2)CCN1C(=O)N1CCOCC1)c1cccc([N+](=O)[O-])c1. The quantitative estimate of drug-likeness (QED) is 0.365.